The summed E-state index contributed by atoms with van der Waals surface area (Å²) < 4.78 is 6.63. The lowest BCUT2D eigenvalue weighted by molar-refractivity contribution is 0.0697. The number of hydrogen-bond donors (Lipinski definition) is 1. The molecule has 104 valence electrons. The second-order valence-electron chi connectivity index (χ2n) is 3.98. The number of rotatable bonds is 6. The monoisotopic (exact) mass is 352 g/mol. The van der Waals surface area contributed by atoms with Gasteiger partial charge in [0.05, 0.1) is 12.2 Å². The highest BCUT2D eigenvalue weighted by Gasteiger charge is 2.02. The molecule has 3 nitrogen and oxygen atoms in total. The molecule has 0 saturated carbocycles. The van der Waals surface area contributed by atoms with E-state index in [0.717, 1.165) is 10.2 Å². The van der Waals surface area contributed by atoms with E-state index in [-0.39, 0.29) is 5.56 Å². The minimum absolute atomic E-state index is 0.265. The predicted octanol–water partition coefficient (Wildman–Crippen LogP) is 4.32. The van der Waals surface area contributed by atoms with Crippen LogP contribution < -0.4 is 4.74 Å². The molecule has 0 bridgehead atoms. The summed E-state index contributed by atoms with van der Waals surface area (Å²) in [5.41, 5.74) is 0.265. The lowest BCUT2D eigenvalue weighted by Gasteiger charge is -2.06. The third-order valence-corrected chi connectivity index (χ3v) is 3.97. The summed E-state index contributed by atoms with van der Waals surface area (Å²) in [7, 11) is 0. The van der Waals surface area contributed by atoms with Gasteiger partial charge in [-0.25, -0.2) is 4.79 Å². The van der Waals surface area contributed by atoms with Crippen LogP contribution in [0.2, 0.25) is 0 Å². The molecular formula is C15H13BrO3S. The van der Waals surface area contributed by atoms with E-state index in [1.165, 1.54) is 4.90 Å². The Labute approximate surface area is 130 Å². The molecule has 2 aromatic carbocycles. The fourth-order valence-electron chi connectivity index (χ4n) is 1.57. The molecule has 0 aliphatic carbocycles. The van der Waals surface area contributed by atoms with Crippen molar-refractivity contribution in [3.63, 3.8) is 0 Å². The number of halogens is 1. The molecule has 2 rings (SSSR count). The first-order valence-electron chi connectivity index (χ1n) is 6.00. The highest BCUT2D eigenvalue weighted by Crippen LogP contribution is 2.22. The highest BCUT2D eigenvalue weighted by molar-refractivity contribution is 9.10. The molecule has 0 saturated heterocycles. The van der Waals surface area contributed by atoms with Gasteiger partial charge in [0.25, 0.3) is 0 Å². The molecule has 20 heavy (non-hydrogen) atoms. The number of carboxylic acid groups (broad SMARTS) is 1. The van der Waals surface area contributed by atoms with Gasteiger partial charge in [0.15, 0.2) is 0 Å². The molecular weight excluding hydrogens is 340 g/mol. The third-order valence-electron chi connectivity index (χ3n) is 2.52. The molecule has 0 atom stereocenters. The maximum atomic E-state index is 10.7. The van der Waals surface area contributed by atoms with Crippen LogP contribution in [0, 0.1) is 0 Å². The number of carboxylic acids is 1. The minimum atomic E-state index is -0.929. The van der Waals surface area contributed by atoms with Crippen LogP contribution in [0.25, 0.3) is 0 Å². The Morgan fingerprint density at radius 1 is 1.20 bits per heavy atom. The summed E-state index contributed by atoms with van der Waals surface area (Å²) in [6, 6.07) is 14.5. The van der Waals surface area contributed by atoms with Gasteiger partial charge in [-0.05, 0) is 42.5 Å². The lowest BCUT2D eigenvalue weighted by Crippen LogP contribution is -2.01. The minimum Gasteiger partial charge on any atom is -0.493 e. The molecule has 0 amide bonds. The Morgan fingerprint density at radius 2 is 1.95 bits per heavy atom. The summed E-state index contributed by atoms with van der Waals surface area (Å²) >= 11 is 5.15. The second-order valence-corrected chi connectivity index (χ2v) is 6.07. The number of carbonyl (C=O) groups is 1. The van der Waals surface area contributed by atoms with Crippen molar-refractivity contribution >= 4 is 33.7 Å². The maximum Gasteiger partial charge on any atom is 0.335 e. The van der Waals surface area contributed by atoms with E-state index < -0.39 is 5.97 Å². The molecule has 1 N–H and O–H groups in total. The van der Waals surface area contributed by atoms with Gasteiger partial charge in [-0.3, -0.25) is 0 Å². The number of benzene rings is 2. The molecule has 2 aromatic rings. The van der Waals surface area contributed by atoms with Gasteiger partial charge in [-0.2, -0.15) is 0 Å². The van der Waals surface area contributed by atoms with Crippen LogP contribution in [0.3, 0.4) is 0 Å². The average Bonchev–Trinajstić information content (AvgIpc) is 2.44. The van der Waals surface area contributed by atoms with E-state index in [1.54, 1.807) is 36.0 Å². The zero-order valence-electron chi connectivity index (χ0n) is 10.6. The summed E-state index contributed by atoms with van der Waals surface area (Å²) in [6.45, 7) is 0.573. The van der Waals surface area contributed by atoms with Gasteiger partial charge in [0.1, 0.15) is 5.75 Å². The van der Waals surface area contributed by atoms with Crippen molar-refractivity contribution in [1.82, 2.24) is 0 Å². The maximum absolute atomic E-state index is 10.7. The lowest BCUT2D eigenvalue weighted by atomic mass is 10.2. The van der Waals surface area contributed by atoms with Crippen LogP contribution in [-0.4, -0.2) is 23.4 Å². The Bertz CT molecular complexity index is 584. The summed E-state index contributed by atoms with van der Waals surface area (Å²) in [6.07, 6.45) is 0. The third kappa shape index (κ3) is 4.58. The van der Waals surface area contributed by atoms with Crippen molar-refractivity contribution < 1.29 is 14.6 Å². The Kier molecular flexibility index (Phi) is 5.49. The molecule has 5 heteroatoms. The standard InChI is InChI=1S/C15H13BrO3S/c16-12-2-1-3-14(10-12)20-9-8-19-13-6-4-11(5-7-13)15(17)18/h1-7,10H,8-9H2,(H,17,18). The number of thioether (sulfide) groups is 1. The molecule has 0 spiro atoms. The Morgan fingerprint density at radius 3 is 2.60 bits per heavy atom. The first kappa shape index (κ1) is 14.9. The quantitative estimate of drug-likeness (QED) is 0.621. The Balaban J connectivity index is 1.77. The number of ether oxygens (including phenoxy) is 1. The van der Waals surface area contributed by atoms with Crippen molar-refractivity contribution in [3.8, 4) is 5.75 Å². The fourth-order valence-corrected chi connectivity index (χ4v) is 2.91. The number of aromatic carboxylic acids is 1. The van der Waals surface area contributed by atoms with Gasteiger partial charge < -0.3 is 9.84 Å². The van der Waals surface area contributed by atoms with E-state index in [0.29, 0.717) is 12.4 Å². The normalized spacial score (nSPS) is 10.2. The zero-order valence-corrected chi connectivity index (χ0v) is 13.0. The topological polar surface area (TPSA) is 46.5 Å². The molecule has 0 radical (unpaired) electrons. The zero-order chi connectivity index (χ0) is 14.4. The largest absolute Gasteiger partial charge is 0.493 e. The van der Waals surface area contributed by atoms with Crippen LogP contribution in [0.15, 0.2) is 57.9 Å². The molecule has 0 aliphatic rings. The molecule has 0 fully saturated rings. The van der Waals surface area contributed by atoms with Gasteiger partial charge in [-0.15, -0.1) is 11.8 Å². The molecule has 0 unspecified atom stereocenters. The summed E-state index contributed by atoms with van der Waals surface area (Å²) in [4.78, 5) is 11.9. The van der Waals surface area contributed by atoms with Crippen molar-refractivity contribution in [1.29, 1.82) is 0 Å². The molecule has 0 aromatic heterocycles. The second kappa shape index (κ2) is 7.36. The smallest absolute Gasteiger partial charge is 0.335 e. The van der Waals surface area contributed by atoms with Crippen molar-refractivity contribution in [3.05, 3.63) is 58.6 Å². The van der Waals surface area contributed by atoms with Crippen LogP contribution in [0.4, 0.5) is 0 Å². The molecule has 0 heterocycles. The van der Waals surface area contributed by atoms with Gasteiger partial charge in [0.2, 0.25) is 0 Å². The van der Waals surface area contributed by atoms with Crippen molar-refractivity contribution in [2.24, 2.45) is 0 Å². The van der Waals surface area contributed by atoms with Crippen LogP contribution in [0.1, 0.15) is 10.4 Å². The first-order valence-corrected chi connectivity index (χ1v) is 7.77. The fraction of sp³-hybridized carbons (Fsp3) is 0.133. The van der Waals surface area contributed by atoms with E-state index in [1.807, 2.05) is 12.1 Å². The Hall–Kier alpha value is -1.46. The van der Waals surface area contributed by atoms with Gasteiger partial charge in [-0.1, -0.05) is 22.0 Å². The van der Waals surface area contributed by atoms with E-state index in [2.05, 4.69) is 28.1 Å². The van der Waals surface area contributed by atoms with E-state index >= 15 is 0 Å². The van der Waals surface area contributed by atoms with Gasteiger partial charge in [0, 0.05) is 15.1 Å². The first-order chi connectivity index (χ1) is 9.65. The summed E-state index contributed by atoms with van der Waals surface area (Å²) in [5, 5.41) is 8.79. The van der Waals surface area contributed by atoms with Crippen molar-refractivity contribution in [2.75, 3.05) is 12.4 Å². The van der Waals surface area contributed by atoms with Crippen LogP contribution >= 0.6 is 27.7 Å². The SMILES string of the molecule is O=C(O)c1ccc(OCCSc2cccc(Br)c2)cc1. The van der Waals surface area contributed by atoms with Crippen molar-refractivity contribution in [2.45, 2.75) is 4.90 Å². The summed E-state index contributed by atoms with van der Waals surface area (Å²) in [5.74, 6) is 0.587. The highest BCUT2D eigenvalue weighted by atomic mass is 79.9. The van der Waals surface area contributed by atoms with E-state index in [9.17, 15) is 4.79 Å². The molecule has 0 aliphatic heterocycles. The average molecular weight is 353 g/mol. The van der Waals surface area contributed by atoms with Gasteiger partial charge >= 0.3 is 5.97 Å². The van der Waals surface area contributed by atoms with E-state index in [4.69, 9.17) is 9.84 Å². The van der Waals surface area contributed by atoms with Crippen LogP contribution in [-0.2, 0) is 0 Å². The van der Waals surface area contributed by atoms with Crippen LogP contribution in [0.5, 0.6) is 5.75 Å². The predicted molar refractivity (Wildman–Crippen MR) is 83.8 cm³/mol. The number of hydrogen-bond acceptors (Lipinski definition) is 3.